The van der Waals surface area contributed by atoms with E-state index in [9.17, 15) is 0 Å². The van der Waals surface area contributed by atoms with Crippen molar-refractivity contribution in [1.29, 1.82) is 0 Å². The molecule has 2 aromatic rings. The van der Waals surface area contributed by atoms with Crippen LogP contribution in [-0.2, 0) is 17.9 Å². The molecule has 0 radical (unpaired) electrons. The van der Waals surface area contributed by atoms with Crippen LogP contribution in [0.1, 0.15) is 27.1 Å². The van der Waals surface area contributed by atoms with Crippen molar-refractivity contribution in [3.63, 3.8) is 0 Å². The topological polar surface area (TPSA) is 59.9 Å². The highest BCUT2D eigenvalue weighted by Crippen LogP contribution is 2.17. The van der Waals surface area contributed by atoms with Crippen LogP contribution in [0.2, 0.25) is 0 Å². The van der Waals surface area contributed by atoms with Gasteiger partial charge >= 0.3 is 0 Å². The summed E-state index contributed by atoms with van der Waals surface area (Å²) in [5.41, 5.74) is 2.00. The minimum Gasteiger partial charge on any atom is -0.377 e. The van der Waals surface area contributed by atoms with Crippen LogP contribution < -0.4 is 5.32 Å². The van der Waals surface area contributed by atoms with Crippen molar-refractivity contribution in [3.05, 3.63) is 33.2 Å². The second-order valence-corrected chi connectivity index (χ2v) is 5.74. The molecule has 0 amide bonds. The zero-order valence-corrected chi connectivity index (χ0v) is 12.5. The molecule has 0 aliphatic rings. The normalized spacial score (nSPS) is 10.7. The Morgan fingerprint density at radius 1 is 1.21 bits per heavy atom. The number of thiazole rings is 1. The summed E-state index contributed by atoms with van der Waals surface area (Å²) in [6.45, 7) is 7.16. The molecular weight excluding hydrogens is 260 g/mol. The van der Waals surface area contributed by atoms with Crippen molar-refractivity contribution in [2.75, 3.05) is 12.4 Å². The van der Waals surface area contributed by atoms with Gasteiger partial charge in [0.2, 0.25) is 0 Å². The molecule has 1 N–H and O–H groups in total. The molecule has 0 saturated heterocycles. The molecule has 2 rings (SSSR count). The van der Waals surface area contributed by atoms with Crippen molar-refractivity contribution >= 4 is 17.2 Å². The van der Waals surface area contributed by atoms with E-state index in [1.54, 1.807) is 18.4 Å². The van der Waals surface area contributed by atoms with Crippen LogP contribution in [0, 0.1) is 20.8 Å². The lowest BCUT2D eigenvalue weighted by Gasteiger charge is -2.07. The van der Waals surface area contributed by atoms with E-state index in [0.29, 0.717) is 19.0 Å². The van der Waals surface area contributed by atoms with Crippen LogP contribution in [0.4, 0.5) is 5.82 Å². The van der Waals surface area contributed by atoms with Crippen LogP contribution in [-0.4, -0.2) is 22.1 Å². The summed E-state index contributed by atoms with van der Waals surface area (Å²) >= 11 is 1.71. The lowest BCUT2D eigenvalue weighted by atomic mass is 10.3. The minimum atomic E-state index is 0.422. The van der Waals surface area contributed by atoms with Gasteiger partial charge in [-0.1, -0.05) is 0 Å². The molecule has 0 saturated carbocycles. The monoisotopic (exact) mass is 278 g/mol. The Bertz CT molecular complexity index is 568. The minimum absolute atomic E-state index is 0.422. The molecule has 0 bridgehead atoms. The van der Waals surface area contributed by atoms with Crippen LogP contribution in [0.3, 0.4) is 0 Å². The predicted molar refractivity (Wildman–Crippen MR) is 76.4 cm³/mol. The highest BCUT2D eigenvalue weighted by atomic mass is 32.1. The first-order valence-electron chi connectivity index (χ1n) is 6.08. The first-order valence-corrected chi connectivity index (χ1v) is 6.90. The summed E-state index contributed by atoms with van der Waals surface area (Å²) in [4.78, 5) is 14.5. The van der Waals surface area contributed by atoms with Crippen molar-refractivity contribution in [2.24, 2.45) is 0 Å². The Balaban J connectivity index is 2.08. The fourth-order valence-electron chi connectivity index (χ4n) is 1.82. The van der Waals surface area contributed by atoms with Gasteiger partial charge in [-0.25, -0.2) is 15.0 Å². The van der Waals surface area contributed by atoms with E-state index in [-0.39, 0.29) is 0 Å². The maximum Gasteiger partial charge on any atom is 0.156 e. The Morgan fingerprint density at radius 3 is 2.63 bits per heavy atom. The van der Waals surface area contributed by atoms with Crippen LogP contribution in [0.25, 0.3) is 0 Å². The standard InChI is InChI=1S/C13H18N4OS/c1-8-5-12(17-13(15-8)7-18-4)14-6-11-9(2)19-10(3)16-11/h5H,6-7H2,1-4H3,(H,14,15,17). The fraction of sp³-hybridized carbons (Fsp3) is 0.462. The molecular formula is C13H18N4OS. The van der Waals surface area contributed by atoms with E-state index in [1.807, 2.05) is 19.9 Å². The number of nitrogens with zero attached hydrogens (tertiary/aromatic N) is 3. The molecule has 102 valence electrons. The van der Waals surface area contributed by atoms with Gasteiger partial charge in [0, 0.05) is 23.7 Å². The SMILES string of the molecule is COCc1nc(C)cc(NCc2nc(C)sc2C)n1. The molecule has 0 atom stereocenters. The maximum absolute atomic E-state index is 5.06. The molecule has 5 nitrogen and oxygen atoms in total. The first-order chi connectivity index (χ1) is 9.08. The van der Waals surface area contributed by atoms with E-state index >= 15 is 0 Å². The summed E-state index contributed by atoms with van der Waals surface area (Å²) in [5.74, 6) is 1.50. The molecule has 0 fully saturated rings. The number of anilines is 1. The smallest absolute Gasteiger partial charge is 0.156 e. The maximum atomic E-state index is 5.06. The Morgan fingerprint density at radius 2 is 2.00 bits per heavy atom. The quantitative estimate of drug-likeness (QED) is 0.911. The van der Waals surface area contributed by atoms with Gasteiger partial charge in [0.1, 0.15) is 12.4 Å². The van der Waals surface area contributed by atoms with Gasteiger partial charge in [-0.15, -0.1) is 11.3 Å². The summed E-state index contributed by atoms with van der Waals surface area (Å²) in [7, 11) is 1.64. The molecule has 0 spiro atoms. The van der Waals surface area contributed by atoms with Crippen LogP contribution >= 0.6 is 11.3 Å². The number of aryl methyl sites for hydroxylation is 3. The van der Waals surface area contributed by atoms with Gasteiger partial charge < -0.3 is 10.1 Å². The Hall–Kier alpha value is -1.53. The van der Waals surface area contributed by atoms with E-state index in [2.05, 4.69) is 27.2 Å². The fourth-order valence-corrected chi connectivity index (χ4v) is 2.66. The van der Waals surface area contributed by atoms with Crippen molar-refractivity contribution in [1.82, 2.24) is 15.0 Å². The van der Waals surface area contributed by atoms with Gasteiger partial charge in [0.05, 0.1) is 17.2 Å². The second kappa shape index (κ2) is 6.08. The average molecular weight is 278 g/mol. The van der Waals surface area contributed by atoms with Crippen molar-refractivity contribution in [3.8, 4) is 0 Å². The number of rotatable bonds is 5. The molecule has 0 aromatic carbocycles. The molecule has 0 unspecified atom stereocenters. The largest absolute Gasteiger partial charge is 0.377 e. The second-order valence-electron chi connectivity index (χ2n) is 4.33. The molecule has 19 heavy (non-hydrogen) atoms. The first kappa shape index (κ1) is 13.9. The third-order valence-corrected chi connectivity index (χ3v) is 3.54. The van der Waals surface area contributed by atoms with E-state index in [4.69, 9.17) is 4.74 Å². The number of methoxy groups -OCH3 is 1. The molecule has 2 aromatic heterocycles. The molecule has 2 heterocycles. The lowest BCUT2D eigenvalue weighted by Crippen LogP contribution is -2.07. The summed E-state index contributed by atoms with van der Waals surface area (Å²) < 4.78 is 5.06. The Kier molecular flexibility index (Phi) is 4.44. The van der Waals surface area contributed by atoms with Gasteiger partial charge in [0.15, 0.2) is 5.82 Å². The average Bonchev–Trinajstić information content (AvgIpc) is 2.65. The molecule has 0 aliphatic heterocycles. The number of hydrogen-bond acceptors (Lipinski definition) is 6. The lowest BCUT2D eigenvalue weighted by molar-refractivity contribution is 0.177. The van der Waals surface area contributed by atoms with E-state index in [0.717, 1.165) is 22.2 Å². The summed E-state index contributed by atoms with van der Waals surface area (Å²) in [6.07, 6.45) is 0. The predicted octanol–water partition coefficient (Wildman–Crippen LogP) is 2.62. The zero-order chi connectivity index (χ0) is 13.8. The third kappa shape index (κ3) is 3.71. The number of nitrogens with one attached hydrogen (secondary N) is 1. The number of ether oxygens (including phenoxy) is 1. The number of aromatic nitrogens is 3. The Labute approximate surface area is 117 Å². The molecule has 6 heteroatoms. The van der Waals surface area contributed by atoms with Crippen molar-refractivity contribution in [2.45, 2.75) is 33.9 Å². The van der Waals surface area contributed by atoms with Crippen LogP contribution in [0.15, 0.2) is 6.07 Å². The van der Waals surface area contributed by atoms with Gasteiger partial charge in [0.25, 0.3) is 0 Å². The van der Waals surface area contributed by atoms with Gasteiger partial charge in [-0.3, -0.25) is 0 Å². The van der Waals surface area contributed by atoms with Gasteiger partial charge in [-0.05, 0) is 20.8 Å². The highest BCUT2D eigenvalue weighted by Gasteiger charge is 2.06. The van der Waals surface area contributed by atoms with E-state index in [1.165, 1.54) is 4.88 Å². The van der Waals surface area contributed by atoms with Crippen LogP contribution in [0.5, 0.6) is 0 Å². The van der Waals surface area contributed by atoms with Crippen molar-refractivity contribution < 1.29 is 4.74 Å². The highest BCUT2D eigenvalue weighted by molar-refractivity contribution is 7.11. The summed E-state index contributed by atoms with van der Waals surface area (Å²) in [6, 6.07) is 1.92. The van der Waals surface area contributed by atoms with Gasteiger partial charge in [-0.2, -0.15) is 0 Å². The summed E-state index contributed by atoms with van der Waals surface area (Å²) in [5, 5.41) is 4.38. The van der Waals surface area contributed by atoms with E-state index < -0.39 is 0 Å². The number of hydrogen-bond donors (Lipinski definition) is 1. The zero-order valence-electron chi connectivity index (χ0n) is 11.6. The molecule has 0 aliphatic carbocycles. The third-order valence-electron chi connectivity index (χ3n) is 2.61.